The summed E-state index contributed by atoms with van der Waals surface area (Å²) >= 11 is -4.12. The summed E-state index contributed by atoms with van der Waals surface area (Å²) < 4.78 is 25.2. The van der Waals surface area contributed by atoms with Crippen LogP contribution >= 0.6 is 0 Å². The molecule has 29 heavy (non-hydrogen) atoms. The van der Waals surface area contributed by atoms with Crippen LogP contribution in [0.5, 0.6) is 17.2 Å². The average Bonchev–Trinajstić information content (AvgIpc) is 2.77. The molecular weight excluding hydrogens is 475 g/mol. The maximum absolute atomic E-state index is 12.3. The van der Waals surface area contributed by atoms with Crippen LogP contribution in [0.1, 0.15) is 6.92 Å². The van der Waals surface area contributed by atoms with Crippen molar-refractivity contribution in [3.63, 3.8) is 0 Å². The van der Waals surface area contributed by atoms with E-state index >= 15 is 0 Å². The normalized spacial score (nSPS) is 10.9. The van der Waals surface area contributed by atoms with Gasteiger partial charge in [-0.3, -0.25) is 0 Å². The molecule has 0 atom stereocenters. The minimum absolute atomic E-state index is 0.303. The van der Waals surface area contributed by atoms with Crippen LogP contribution in [0.4, 0.5) is 0 Å². The molecule has 3 rings (SSSR count). The topological polar surface area (TPSA) is 54.0 Å². The third-order valence-electron chi connectivity index (χ3n) is 4.79. The van der Waals surface area contributed by atoms with Crippen LogP contribution in [-0.2, 0) is 7.87 Å². The van der Waals surface area contributed by atoms with E-state index in [1.54, 1.807) is 21.3 Å². The summed E-state index contributed by atoms with van der Waals surface area (Å²) in [6.07, 6.45) is 0. The van der Waals surface area contributed by atoms with Gasteiger partial charge >= 0.3 is 176 Å². The molecule has 0 N–H and O–H groups in total. The summed E-state index contributed by atoms with van der Waals surface area (Å²) in [7, 11) is 4.89. The van der Waals surface area contributed by atoms with Crippen LogP contribution in [0.15, 0.2) is 72.8 Å². The SMILES string of the molecule is COc1cc[c]([Sn]([O]C(C)=O)([c]2ccc(OC)cc2)[c]2ccc(OC)cc2)cc1. The summed E-state index contributed by atoms with van der Waals surface area (Å²) in [4.78, 5) is 12.3. The van der Waals surface area contributed by atoms with Crippen molar-refractivity contribution in [2.45, 2.75) is 6.92 Å². The molecular formula is C23H24O5Sn. The summed E-state index contributed by atoms with van der Waals surface area (Å²) in [5.74, 6) is 1.95. The molecule has 0 bridgehead atoms. The number of rotatable bonds is 7. The fourth-order valence-electron chi connectivity index (χ4n) is 3.37. The molecule has 3 aromatic carbocycles. The number of hydrogen-bond acceptors (Lipinski definition) is 5. The molecule has 0 amide bonds. The fourth-order valence-corrected chi connectivity index (χ4v) is 13.9. The second-order valence-corrected chi connectivity index (χ2v) is 15.9. The Balaban J connectivity index is 2.28. The van der Waals surface area contributed by atoms with Crippen molar-refractivity contribution in [2.75, 3.05) is 21.3 Å². The zero-order valence-electron chi connectivity index (χ0n) is 17.0. The number of benzene rings is 3. The van der Waals surface area contributed by atoms with E-state index in [1.165, 1.54) is 6.92 Å². The number of hydrogen-bond donors (Lipinski definition) is 0. The van der Waals surface area contributed by atoms with Gasteiger partial charge in [0, 0.05) is 0 Å². The molecule has 0 radical (unpaired) electrons. The Kier molecular flexibility index (Phi) is 6.69. The van der Waals surface area contributed by atoms with Gasteiger partial charge in [0.2, 0.25) is 0 Å². The quantitative estimate of drug-likeness (QED) is 0.468. The van der Waals surface area contributed by atoms with Gasteiger partial charge in [-0.2, -0.15) is 0 Å². The van der Waals surface area contributed by atoms with E-state index in [2.05, 4.69) is 0 Å². The minimum atomic E-state index is -4.12. The molecule has 0 spiro atoms. The monoisotopic (exact) mass is 500 g/mol. The van der Waals surface area contributed by atoms with E-state index in [9.17, 15) is 4.79 Å². The van der Waals surface area contributed by atoms with Gasteiger partial charge in [0.05, 0.1) is 0 Å². The number of carbonyl (C=O) groups is 1. The Morgan fingerprint density at radius 2 is 0.862 bits per heavy atom. The number of ether oxygens (including phenoxy) is 3. The zero-order chi connectivity index (χ0) is 20.9. The predicted octanol–water partition coefficient (Wildman–Crippen LogP) is 2.24. The van der Waals surface area contributed by atoms with Crippen molar-refractivity contribution in [2.24, 2.45) is 0 Å². The van der Waals surface area contributed by atoms with Gasteiger partial charge in [-0.05, 0) is 0 Å². The molecule has 0 fully saturated rings. The standard InChI is InChI=1S/3C7H7O.C2H4O2.Sn/c3*1-8-7-5-3-2-4-6-7;1-2(3)4;/h3*3-6H,1H3;1H3,(H,3,4);/q;;;;+1/p-1. The first-order valence-corrected chi connectivity index (χ1v) is 14.6. The second kappa shape index (κ2) is 9.22. The van der Waals surface area contributed by atoms with Crippen molar-refractivity contribution in [3.05, 3.63) is 72.8 Å². The first kappa shape index (κ1) is 21.0. The number of carbonyl (C=O) groups excluding carboxylic acids is 1. The summed E-state index contributed by atoms with van der Waals surface area (Å²) in [5.41, 5.74) is 0. The van der Waals surface area contributed by atoms with Gasteiger partial charge in [0.15, 0.2) is 0 Å². The Morgan fingerprint density at radius 1 is 0.586 bits per heavy atom. The Labute approximate surface area is 175 Å². The molecule has 6 heteroatoms. The van der Waals surface area contributed by atoms with E-state index < -0.39 is 18.8 Å². The van der Waals surface area contributed by atoms with Crippen LogP contribution in [0.25, 0.3) is 0 Å². The molecule has 0 aliphatic rings. The van der Waals surface area contributed by atoms with E-state index in [0.717, 1.165) is 28.0 Å². The molecule has 0 heterocycles. The van der Waals surface area contributed by atoms with E-state index in [-0.39, 0.29) is 5.97 Å². The third kappa shape index (κ3) is 4.34. The molecule has 0 unspecified atom stereocenters. The van der Waals surface area contributed by atoms with Crippen LogP contribution in [0.2, 0.25) is 0 Å². The van der Waals surface area contributed by atoms with Crippen molar-refractivity contribution >= 4 is 35.5 Å². The summed E-state index contributed by atoms with van der Waals surface area (Å²) in [5, 5.41) is 0. The summed E-state index contributed by atoms with van der Waals surface area (Å²) in [6.45, 7) is 1.46. The van der Waals surface area contributed by atoms with E-state index in [4.69, 9.17) is 17.3 Å². The first-order valence-electron chi connectivity index (χ1n) is 9.16. The second-order valence-electron chi connectivity index (χ2n) is 6.46. The molecule has 5 nitrogen and oxygen atoms in total. The molecule has 0 aliphatic carbocycles. The molecule has 0 aliphatic heterocycles. The van der Waals surface area contributed by atoms with Gasteiger partial charge < -0.3 is 0 Å². The first-order chi connectivity index (χ1) is 14.0. The average molecular weight is 499 g/mol. The van der Waals surface area contributed by atoms with Crippen molar-refractivity contribution < 1.29 is 22.1 Å². The van der Waals surface area contributed by atoms with Crippen LogP contribution in [0, 0.1) is 0 Å². The fraction of sp³-hybridized carbons (Fsp3) is 0.174. The molecule has 0 saturated carbocycles. The molecule has 0 saturated heterocycles. The van der Waals surface area contributed by atoms with Gasteiger partial charge in [-0.25, -0.2) is 0 Å². The van der Waals surface area contributed by atoms with Crippen molar-refractivity contribution in [1.82, 2.24) is 0 Å². The van der Waals surface area contributed by atoms with Gasteiger partial charge in [-0.15, -0.1) is 0 Å². The molecule has 0 aromatic heterocycles. The van der Waals surface area contributed by atoms with Crippen LogP contribution < -0.4 is 24.9 Å². The van der Waals surface area contributed by atoms with E-state index in [0.29, 0.717) is 0 Å². The van der Waals surface area contributed by atoms with Gasteiger partial charge in [0.25, 0.3) is 0 Å². The Bertz CT molecular complexity index is 834. The Morgan fingerprint density at radius 3 is 1.07 bits per heavy atom. The third-order valence-corrected chi connectivity index (χ3v) is 16.3. The van der Waals surface area contributed by atoms with Crippen molar-refractivity contribution in [1.29, 1.82) is 0 Å². The van der Waals surface area contributed by atoms with E-state index in [1.807, 2.05) is 72.8 Å². The Hall–Kier alpha value is -2.67. The van der Waals surface area contributed by atoms with Crippen LogP contribution in [0.3, 0.4) is 0 Å². The van der Waals surface area contributed by atoms with Gasteiger partial charge in [0.1, 0.15) is 0 Å². The number of methoxy groups -OCH3 is 3. The zero-order valence-corrected chi connectivity index (χ0v) is 19.8. The van der Waals surface area contributed by atoms with Crippen LogP contribution in [-0.4, -0.2) is 46.1 Å². The van der Waals surface area contributed by atoms with Crippen molar-refractivity contribution in [3.8, 4) is 17.2 Å². The van der Waals surface area contributed by atoms with Gasteiger partial charge in [-0.1, -0.05) is 0 Å². The maximum atomic E-state index is 12.3. The summed E-state index contributed by atoms with van der Waals surface area (Å²) in [6, 6.07) is 23.4. The predicted molar refractivity (Wildman–Crippen MR) is 115 cm³/mol. The molecule has 3 aromatic rings. The molecule has 150 valence electrons.